The van der Waals surface area contributed by atoms with Crippen molar-refractivity contribution >= 4 is 22.4 Å². The third-order valence-electron chi connectivity index (χ3n) is 5.34. The lowest BCUT2D eigenvalue weighted by Gasteiger charge is -2.28. The van der Waals surface area contributed by atoms with Crippen molar-refractivity contribution in [1.29, 1.82) is 0 Å². The van der Waals surface area contributed by atoms with Crippen LogP contribution in [0.1, 0.15) is 24.5 Å². The van der Waals surface area contributed by atoms with Crippen LogP contribution in [0, 0.1) is 11.8 Å². The Morgan fingerprint density at radius 3 is 2.31 bits per heavy atom. The second-order valence-electron chi connectivity index (χ2n) is 7.15. The molecule has 0 heterocycles. The Bertz CT molecular complexity index is 918. The van der Waals surface area contributed by atoms with E-state index in [2.05, 4.69) is 6.07 Å². The minimum absolute atomic E-state index is 0.0145. The minimum atomic E-state index is -0.786. The predicted octanol–water partition coefficient (Wildman–Crippen LogP) is 4.56. The third kappa shape index (κ3) is 3.23. The Kier molecular flexibility index (Phi) is 4.48. The van der Waals surface area contributed by atoms with E-state index in [4.69, 9.17) is 0 Å². The molecule has 0 saturated heterocycles. The normalized spacial score (nSPS) is 16.2. The molecule has 1 N–H and O–H groups in total. The number of aliphatic hydroxyl groups is 1. The van der Waals surface area contributed by atoms with E-state index in [0.29, 0.717) is 0 Å². The van der Waals surface area contributed by atoms with E-state index >= 15 is 0 Å². The zero-order chi connectivity index (χ0) is 18.1. The number of benzene rings is 3. The summed E-state index contributed by atoms with van der Waals surface area (Å²) >= 11 is 0. The SMILES string of the molecule is CN(C(=O)[C@@H](C1CC1)[C@@H](O)c1ccc2ccccc2c1)c1ccccc1. The van der Waals surface area contributed by atoms with Crippen LogP contribution in [0.3, 0.4) is 0 Å². The van der Waals surface area contributed by atoms with Gasteiger partial charge in [-0.25, -0.2) is 0 Å². The summed E-state index contributed by atoms with van der Waals surface area (Å²) in [4.78, 5) is 14.8. The van der Waals surface area contributed by atoms with Crippen LogP contribution in [0.15, 0.2) is 72.8 Å². The number of nitrogens with zero attached hydrogens (tertiary/aromatic N) is 1. The van der Waals surface area contributed by atoms with Crippen molar-refractivity contribution in [3.8, 4) is 0 Å². The number of aliphatic hydroxyl groups excluding tert-OH is 1. The molecule has 0 radical (unpaired) electrons. The summed E-state index contributed by atoms with van der Waals surface area (Å²) in [6, 6.07) is 23.7. The summed E-state index contributed by atoms with van der Waals surface area (Å²) in [5, 5.41) is 13.3. The lowest BCUT2D eigenvalue weighted by Crippen LogP contribution is -2.37. The maximum atomic E-state index is 13.2. The first-order chi connectivity index (χ1) is 12.6. The van der Waals surface area contributed by atoms with Gasteiger partial charge in [-0.2, -0.15) is 0 Å². The number of anilines is 1. The molecule has 1 fully saturated rings. The highest BCUT2D eigenvalue weighted by atomic mass is 16.3. The second-order valence-corrected chi connectivity index (χ2v) is 7.15. The van der Waals surface area contributed by atoms with Crippen molar-refractivity contribution in [2.75, 3.05) is 11.9 Å². The Hall–Kier alpha value is -2.65. The standard InChI is InChI=1S/C23H23NO2/c1-24(20-9-3-2-4-10-20)23(26)21(17-12-13-17)22(25)19-14-11-16-7-5-6-8-18(16)15-19/h2-11,14-15,17,21-22,25H,12-13H2,1H3/t21-,22-/m0/s1. The lowest BCUT2D eigenvalue weighted by molar-refractivity contribution is -0.126. The van der Waals surface area contributed by atoms with Gasteiger partial charge in [-0.1, -0.05) is 54.6 Å². The first-order valence-corrected chi connectivity index (χ1v) is 9.14. The summed E-state index contributed by atoms with van der Waals surface area (Å²) < 4.78 is 0. The van der Waals surface area contributed by atoms with Gasteiger partial charge in [0.15, 0.2) is 0 Å². The molecule has 26 heavy (non-hydrogen) atoms. The predicted molar refractivity (Wildman–Crippen MR) is 105 cm³/mol. The van der Waals surface area contributed by atoms with Crippen LogP contribution in [-0.2, 0) is 4.79 Å². The van der Waals surface area contributed by atoms with E-state index < -0.39 is 12.0 Å². The summed E-state index contributed by atoms with van der Waals surface area (Å²) in [5.74, 6) is -0.157. The molecule has 0 unspecified atom stereocenters. The molecule has 3 aromatic carbocycles. The van der Waals surface area contributed by atoms with Gasteiger partial charge in [-0.3, -0.25) is 4.79 Å². The van der Waals surface area contributed by atoms with Crippen molar-refractivity contribution in [3.63, 3.8) is 0 Å². The fourth-order valence-corrected chi connectivity index (χ4v) is 3.65. The molecule has 3 nitrogen and oxygen atoms in total. The number of carbonyl (C=O) groups is 1. The number of hydrogen-bond donors (Lipinski definition) is 1. The molecule has 3 heteroatoms. The van der Waals surface area contributed by atoms with E-state index in [-0.39, 0.29) is 11.8 Å². The van der Waals surface area contributed by atoms with Crippen LogP contribution in [0.25, 0.3) is 10.8 Å². The molecule has 0 bridgehead atoms. The number of hydrogen-bond acceptors (Lipinski definition) is 2. The van der Waals surface area contributed by atoms with E-state index in [1.807, 2.05) is 66.7 Å². The first-order valence-electron chi connectivity index (χ1n) is 9.14. The van der Waals surface area contributed by atoms with Crippen LogP contribution in [0.2, 0.25) is 0 Å². The Labute approximate surface area is 153 Å². The van der Waals surface area contributed by atoms with Crippen LogP contribution >= 0.6 is 0 Å². The smallest absolute Gasteiger partial charge is 0.233 e. The highest BCUT2D eigenvalue weighted by Gasteiger charge is 2.42. The Morgan fingerprint density at radius 1 is 0.962 bits per heavy atom. The van der Waals surface area contributed by atoms with Crippen molar-refractivity contribution in [2.45, 2.75) is 18.9 Å². The van der Waals surface area contributed by atoms with Gasteiger partial charge in [-0.15, -0.1) is 0 Å². The number of fused-ring (bicyclic) bond motifs is 1. The average molecular weight is 345 g/mol. The molecular weight excluding hydrogens is 322 g/mol. The molecule has 3 aromatic rings. The highest BCUT2D eigenvalue weighted by Crippen LogP contribution is 2.44. The molecule has 132 valence electrons. The number of carbonyl (C=O) groups excluding carboxylic acids is 1. The first kappa shape index (κ1) is 16.8. The summed E-state index contributed by atoms with van der Waals surface area (Å²) in [5.41, 5.74) is 1.67. The van der Waals surface area contributed by atoms with Crippen molar-refractivity contribution < 1.29 is 9.90 Å². The van der Waals surface area contributed by atoms with Gasteiger partial charge in [0.05, 0.1) is 12.0 Å². The topological polar surface area (TPSA) is 40.5 Å². The zero-order valence-corrected chi connectivity index (χ0v) is 14.9. The quantitative estimate of drug-likeness (QED) is 0.736. The maximum absolute atomic E-state index is 13.2. The maximum Gasteiger partial charge on any atom is 0.233 e. The van der Waals surface area contributed by atoms with Gasteiger partial charge in [-0.05, 0) is 53.3 Å². The Balaban J connectivity index is 1.64. The van der Waals surface area contributed by atoms with Crippen LogP contribution in [-0.4, -0.2) is 18.1 Å². The molecule has 1 aliphatic rings. The molecule has 4 rings (SSSR count). The van der Waals surface area contributed by atoms with Gasteiger partial charge < -0.3 is 10.0 Å². The molecule has 0 aliphatic heterocycles. The molecule has 2 atom stereocenters. The van der Waals surface area contributed by atoms with E-state index in [0.717, 1.165) is 34.9 Å². The molecule has 0 spiro atoms. The number of para-hydroxylation sites is 1. The van der Waals surface area contributed by atoms with Crippen molar-refractivity contribution in [3.05, 3.63) is 78.4 Å². The van der Waals surface area contributed by atoms with Crippen LogP contribution in [0.4, 0.5) is 5.69 Å². The monoisotopic (exact) mass is 345 g/mol. The molecule has 1 amide bonds. The fraction of sp³-hybridized carbons (Fsp3) is 0.261. The van der Waals surface area contributed by atoms with E-state index in [9.17, 15) is 9.90 Å². The van der Waals surface area contributed by atoms with Crippen LogP contribution in [0.5, 0.6) is 0 Å². The summed E-state index contributed by atoms with van der Waals surface area (Å²) in [7, 11) is 1.79. The Morgan fingerprint density at radius 2 is 1.62 bits per heavy atom. The second kappa shape index (κ2) is 6.93. The van der Waals surface area contributed by atoms with Gasteiger partial charge >= 0.3 is 0 Å². The van der Waals surface area contributed by atoms with Gasteiger partial charge in [0.25, 0.3) is 0 Å². The number of rotatable bonds is 5. The lowest BCUT2D eigenvalue weighted by atomic mass is 9.89. The largest absolute Gasteiger partial charge is 0.388 e. The summed E-state index contributed by atoms with van der Waals surface area (Å²) in [6.45, 7) is 0. The average Bonchev–Trinajstić information content (AvgIpc) is 3.52. The van der Waals surface area contributed by atoms with E-state index in [1.165, 1.54) is 0 Å². The molecular formula is C23H23NO2. The number of amides is 1. The van der Waals surface area contributed by atoms with Gasteiger partial charge in [0, 0.05) is 12.7 Å². The highest BCUT2D eigenvalue weighted by molar-refractivity contribution is 5.95. The van der Waals surface area contributed by atoms with Crippen LogP contribution < -0.4 is 4.90 Å². The molecule has 0 aromatic heterocycles. The van der Waals surface area contributed by atoms with Gasteiger partial charge in [0.2, 0.25) is 5.91 Å². The van der Waals surface area contributed by atoms with Crippen molar-refractivity contribution in [1.82, 2.24) is 0 Å². The zero-order valence-electron chi connectivity index (χ0n) is 14.9. The third-order valence-corrected chi connectivity index (χ3v) is 5.34. The minimum Gasteiger partial charge on any atom is -0.388 e. The molecule has 1 saturated carbocycles. The van der Waals surface area contributed by atoms with Gasteiger partial charge in [0.1, 0.15) is 0 Å². The fourth-order valence-electron chi connectivity index (χ4n) is 3.65. The van der Waals surface area contributed by atoms with Crippen molar-refractivity contribution in [2.24, 2.45) is 11.8 Å². The molecule has 1 aliphatic carbocycles. The summed E-state index contributed by atoms with van der Waals surface area (Å²) in [6.07, 6.45) is 1.22. The van der Waals surface area contributed by atoms with E-state index in [1.54, 1.807) is 11.9 Å².